The number of nitrogens with zero attached hydrogens (tertiary/aromatic N) is 2. The van der Waals surface area contributed by atoms with E-state index in [1.54, 1.807) is 0 Å². The quantitative estimate of drug-likeness (QED) is 0.764. The van der Waals surface area contributed by atoms with Gasteiger partial charge in [-0.2, -0.15) is 0 Å². The van der Waals surface area contributed by atoms with E-state index in [0.717, 1.165) is 45.6 Å². The third-order valence-electron chi connectivity index (χ3n) is 4.98. The van der Waals surface area contributed by atoms with Crippen LogP contribution in [0.1, 0.15) is 12.8 Å². The fourth-order valence-corrected chi connectivity index (χ4v) is 3.45. The molecule has 3 fully saturated rings. The first-order valence-corrected chi connectivity index (χ1v) is 8.12. The molecule has 120 valence electrons. The summed E-state index contributed by atoms with van der Waals surface area (Å²) in [6.07, 6.45) is 1.69. The van der Waals surface area contributed by atoms with Crippen molar-refractivity contribution in [1.29, 1.82) is 0 Å². The van der Waals surface area contributed by atoms with E-state index in [1.807, 2.05) is 0 Å². The monoisotopic (exact) mass is 297 g/mol. The molecule has 0 unspecified atom stereocenters. The highest BCUT2D eigenvalue weighted by Crippen LogP contribution is 2.19. The molecule has 0 saturated carbocycles. The van der Waals surface area contributed by atoms with Crippen molar-refractivity contribution in [3.63, 3.8) is 0 Å². The van der Waals surface area contributed by atoms with Gasteiger partial charge < -0.3 is 19.7 Å². The van der Waals surface area contributed by atoms with Gasteiger partial charge in [0.25, 0.3) is 0 Å². The predicted molar refractivity (Wildman–Crippen MR) is 79.2 cm³/mol. The van der Waals surface area contributed by atoms with Crippen molar-refractivity contribution < 1.29 is 14.3 Å². The molecule has 3 aliphatic heterocycles. The highest BCUT2D eigenvalue weighted by molar-refractivity contribution is 5.79. The van der Waals surface area contributed by atoms with Crippen LogP contribution in [0, 0.1) is 5.92 Å². The van der Waals surface area contributed by atoms with Crippen LogP contribution in [-0.4, -0.2) is 87.4 Å². The third kappa shape index (κ3) is 3.74. The van der Waals surface area contributed by atoms with E-state index < -0.39 is 0 Å². The number of piperazine rings is 1. The maximum Gasteiger partial charge on any atom is 0.223 e. The lowest BCUT2D eigenvalue weighted by atomic mass is 9.98. The first-order valence-electron chi connectivity index (χ1n) is 8.12. The van der Waals surface area contributed by atoms with Crippen LogP contribution in [0.5, 0.6) is 0 Å². The number of hydrogen-bond acceptors (Lipinski definition) is 5. The van der Waals surface area contributed by atoms with Gasteiger partial charge in [-0.25, -0.2) is 0 Å². The van der Waals surface area contributed by atoms with E-state index in [4.69, 9.17) is 9.47 Å². The summed E-state index contributed by atoms with van der Waals surface area (Å²) < 4.78 is 11.0. The number of carbonyl (C=O) groups is 1. The Hall–Kier alpha value is -0.690. The first-order chi connectivity index (χ1) is 10.2. The molecule has 0 aliphatic carbocycles. The molecule has 6 heteroatoms. The number of rotatable bonds is 3. The van der Waals surface area contributed by atoms with E-state index in [0.29, 0.717) is 25.9 Å². The Morgan fingerprint density at radius 3 is 2.48 bits per heavy atom. The molecule has 3 heterocycles. The van der Waals surface area contributed by atoms with Crippen molar-refractivity contribution in [2.24, 2.45) is 5.92 Å². The van der Waals surface area contributed by atoms with Gasteiger partial charge in [0.1, 0.15) is 0 Å². The Labute approximate surface area is 126 Å². The topological polar surface area (TPSA) is 54.0 Å². The van der Waals surface area contributed by atoms with Crippen LogP contribution in [0.4, 0.5) is 0 Å². The van der Waals surface area contributed by atoms with Gasteiger partial charge in [-0.1, -0.05) is 0 Å². The Bertz CT molecular complexity index is 352. The number of amides is 1. The van der Waals surface area contributed by atoms with Crippen LogP contribution < -0.4 is 5.32 Å². The van der Waals surface area contributed by atoms with Gasteiger partial charge in [-0.15, -0.1) is 0 Å². The molecule has 3 aliphatic rings. The average molecular weight is 297 g/mol. The maximum absolute atomic E-state index is 12.4. The van der Waals surface area contributed by atoms with Crippen molar-refractivity contribution in [2.45, 2.75) is 24.9 Å². The normalized spacial score (nSPS) is 33.2. The molecule has 1 N–H and O–H groups in total. The number of likely N-dealkylation sites (N-methyl/N-ethyl adjacent to an activating group) is 1. The van der Waals surface area contributed by atoms with Crippen molar-refractivity contribution >= 4 is 5.91 Å². The summed E-state index contributed by atoms with van der Waals surface area (Å²) in [5, 5.41) is 3.23. The van der Waals surface area contributed by atoms with Crippen LogP contribution >= 0.6 is 0 Å². The highest BCUT2D eigenvalue weighted by Gasteiger charge is 2.36. The third-order valence-corrected chi connectivity index (χ3v) is 4.98. The molecule has 6 nitrogen and oxygen atoms in total. The fourth-order valence-electron chi connectivity index (χ4n) is 3.45. The molecular weight excluding hydrogens is 270 g/mol. The van der Waals surface area contributed by atoms with Crippen molar-refractivity contribution in [3.05, 3.63) is 0 Å². The van der Waals surface area contributed by atoms with Crippen LogP contribution in [0.2, 0.25) is 0 Å². The zero-order valence-electron chi connectivity index (χ0n) is 12.9. The summed E-state index contributed by atoms with van der Waals surface area (Å²) in [5.74, 6) is 0.306. The molecule has 0 aromatic heterocycles. The second-order valence-electron chi connectivity index (χ2n) is 6.45. The van der Waals surface area contributed by atoms with E-state index in [2.05, 4.69) is 22.2 Å². The van der Waals surface area contributed by atoms with Crippen molar-refractivity contribution in [3.8, 4) is 0 Å². The van der Waals surface area contributed by atoms with Crippen LogP contribution in [0.15, 0.2) is 0 Å². The van der Waals surface area contributed by atoms with E-state index in [-0.39, 0.29) is 17.9 Å². The van der Waals surface area contributed by atoms with Gasteiger partial charge in [0.05, 0.1) is 25.3 Å². The molecule has 21 heavy (non-hydrogen) atoms. The summed E-state index contributed by atoms with van der Waals surface area (Å²) in [7, 11) is 2.16. The van der Waals surface area contributed by atoms with Gasteiger partial charge >= 0.3 is 0 Å². The van der Waals surface area contributed by atoms with Crippen LogP contribution in [0.3, 0.4) is 0 Å². The van der Waals surface area contributed by atoms with Crippen molar-refractivity contribution in [1.82, 2.24) is 15.1 Å². The second-order valence-corrected chi connectivity index (χ2v) is 6.45. The number of ether oxygens (including phenoxy) is 2. The smallest absolute Gasteiger partial charge is 0.223 e. The molecule has 2 atom stereocenters. The molecule has 3 rings (SSSR count). The SMILES string of the molecule is CN1CCN([C@H]2COC[C@@H]2NC(=O)C2CCOCC2)CC1. The lowest BCUT2D eigenvalue weighted by Gasteiger charge is -2.38. The molecule has 0 bridgehead atoms. The number of nitrogens with one attached hydrogen (secondary N) is 1. The van der Waals surface area contributed by atoms with E-state index >= 15 is 0 Å². The summed E-state index contributed by atoms with van der Waals surface area (Å²) in [5.41, 5.74) is 0. The lowest BCUT2D eigenvalue weighted by Crippen LogP contribution is -2.57. The molecule has 0 spiro atoms. The Balaban J connectivity index is 1.52. The fraction of sp³-hybridized carbons (Fsp3) is 0.933. The van der Waals surface area contributed by atoms with Crippen LogP contribution in [0.25, 0.3) is 0 Å². The number of carbonyl (C=O) groups excluding carboxylic acids is 1. The Kier molecular flexibility index (Phi) is 5.11. The molecule has 0 aromatic rings. The minimum absolute atomic E-state index is 0.118. The minimum Gasteiger partial charge on any atom is -0.381 e. The standard InChI is InChI=1S/C15H27N3O3/c1-17-4-6-18(7-5-17)14-11-21-10-13(14)16-15(19)12-2-8-20-9-3-12/h12-14H,2-11H2,1H3,(H,16,19)/t13-,14-/m0/s1. The molecule has 3 saturated heterocycles. The van der Waals surface area contributed by atoms with Gasteiger partial charge in [-0.3, -0.25) is 9.69 Å². The Morgan fingerprint density at radius 1 is 1.05 bits per heavy atom. The maximum atomic E-state index is 12.4. The summed E-state index contributed by atoms with van der Waals surface area (Å²) in [6.45, 7) is 7.12. The highest BCUT2D eigenvalue weighted by atomic mass is 16.5. The molecular formula is C15H27N3O3. The van der Waals surface area contributed by atoms with Crippen LogP contribution in [-0.2, 0) is 14.3 Å². The van der Waals surface area contributed by atoms with Gasteiger partial charge in [0.15, 0.2) is 0 Å². The second kappa shape index (κ2) is 7.05. The number of hydrogen-bond donors (Lipinski definition) is 1. The Morgan fingerprint density at radius 2 is 1.76 bits per heavy atom. The average Bonchev–Trinajstić information content (AvgIpc) is 2.97. The van der Waals surface area contributed by atoms with E-state index in [1.165, 1.54) is 0 Å². The van der Waals surface area contributed by atoms with Gasteiger partial charge in [-0.05, 0) is 19.9 Å². The molecule has 1 amide bonds. The summed E-state index contributed by atoms with van der Waals surface area (Å²) in [4.78, 5) is 17.2. The molecule has 0 radical (unpaired) electrons. The zero-order chi connectivity index (χ0) is 14.7. The molecule has 0 aromatic carbocycles. The minimum atomic E-state index is 0.118. The summed E-state index contributed by atoms with van der Waals surface area (Å²) in [6, 6.07) is 0.478. The zero-order valence-corrected chi connectivity index (χ0v) is 12.9. The van der Waals surface area contributed by atoms with Gasteiger partial charge in [0, 0.05) is 45.3 Å². The van der Waals surface area contributed by atoms with Crippen molar-refractivity contribution in [2.75, 3.05) is 59.7 Å². The lowest BCUT2D eigenvalue weighted by molar-refractivity contribution is -0.128. The first kappa shape index (κ1) is 15.2. The van der Waals surface area contributed by atoms with Gasteiger partial charge in [0.2, 0.25) is 5.91 Å². The largest absolute Gasteiger partial charge is 0.381 e. The van der Waals surface area contributed by atoms with E-state index in [9.17, 15) is 4.79 Å². The predicted octanol–water partition coefficient (Wildman–Crippen LogP) is -0.456. The summed E-state index contributed by atoms with van der Waals surface area (Å²) >= 11 is 0.